The second kappa shape index (κ2) is 7.70. The number of anilines is 1. The number of aromatic nitrogens is 2. The first kappa shape index (κ1) is 21.6. The van der Waals surface area contributed by atoms with E-state index in [0.29, 0.717) is 10.9 Å². The largest absolute Gasteiger partial charge is 0.393 e. The minimum atomic E-state index is -4.21. The molecule has 1 aliphatic heterocycles. The molecule has 2 aromatic heterocycles. The molecule has 1 spiro atoms. The second-order valence-electron chi connectivity index (χ2n) is 9.85. The molecule has 3 heterocycles. The first-order valence-corrected chi connectivity index (χ1v) is 11.8. The summed E-state index contributed by atoms with van der Waals surface area (Å²) < 4.78 is 38.5. The summed E-state index contributed by atoms with van der Waals surface area (Å²) >= 11 is 1.11. The number of halogens is 3. The monoisotopic (exact) mass is 460 g/mol. The van der Waals surface area contributed by atoms with E-state index in [-0.39, 0.29) is 15.8 Å². The summed E-state index contributed by atoms with van der Waals surface area (Å²) in [5.74, 6) is 0.770. The Morgan fingerprint density at radius 2 is 1.91 bits per heavy atom. The quantitative estimate of drug-likeness (QED) is 0.532. The van der Waals surface area contributed by atoms with E-state index in [1.165, 1.54) is 11.9 Å². The van der Waals surface area contributed by atoms with Gasteiger partial charge in [0.1, 0.15) is 17.0 Å². The van der Waals surface area contributed by atoms with Gasteiger partial charge in [0, 0.05) is 35.0 Å². The van der Waals surface area contributed by atoms with Gasteiger partial charge in [-0.2, -0.15) is 13.2 Å². The second-order valence-corrected chi connectivity index (χ2v) is 11.0. The molecule has 1 saturated heterocycles. The van der Waals surface area contributed by atoms with Crippen LogP contribution in [0.5, 0.6) is 0 Å². The van der Waals surface area contributed by atoms with Gasteiger partial charge in [-0.1, -0.05) is 30.3 Å². The summed E-state index contributed by atoms with van der Waals surface area (Å²) in [5, 5.41) is 4.60. The number of nitrogens with zero attached hydrogens (tertiary/aromatic N) is 3. The van der Waals surface area contributed by atoms with Crippen molar-refractivity contribution in [2.45, 2.75) is 57.3 Å². The number of hydrogen-bond acceptors (Lipinski definition) is 5. The topological polar surface area (TPSA) is 41.0 Å². The molecule has 5 rings (SSSR count). The number of nitrogens with one attached hydrogen (secondary N) is 1. The van der Waals surface area contributed by atoms with Crippen LogP contribution in [0.15, 0.2) is 42.7 Å². The van der Waals surface area contributed by atoms with Gasteiger partial charge in [0.25, 0.3) is 0 Å². The maximum atomic E-state index is 12.8. The molecule has 1 aromatic carbocycles. The molecule has 2 fully saturated rings. The van der Waals surface area contributed by atoms with Crippen molar-refractivity contribution in [1.29, 1.82) is 0 Å². The number of thiophene rings is 1. The third-order valence-corrected chi connectivity index (χ3v) is 7.89. The first-order valence-electron chi connectivity index (χ1n) is 11.0. The van der Waals surface area contributed by atoms with E-state index in [1.807, 2.05) is 6.07 Å². The van der Waals surface area contributed by atoms with E-state index < -0.39 is 12.6 Å². The van der Waals surface area contributed by atoms with Crippen molar-refractivity contribution in [3.63, 3.8) is 0 Å². The average Bonchev–Trinajstić information content (AvgIpc) is 3.29. The Bertz CT molecular complexity index is 1100. The van der Waals surface area contributed by atoms with Crippen molar-refractivity contribution in [3.8, 4) is 0 Å². The fraction of sp³-hybridized carbons (Fsp3) is 0.500. The zero-order chi connectivity index (χ0) is 22.6. The Morgan fingerprint density at radius 3 is 2.62 bits per heavy atom. The zero-order valence-corrected chi connectivity index (χ0v) is 19.1. The molecule has 2 aliphatic rings. The lowest BCUT2D eigenvalue weighted by Crippen LogP contribution is -2.56. The lowest BCUT2D eigenvalue weighted by molar-refractivity contribution is -0.126. The Hall–Kier alpha value is -2.19. The van der Waals surface area contributed by atoms with Gasteiger partial charge >= 0.3 is 6.18 Å². The van der Waals surface area contributed by atoms with Crippen molar-refractivity contribution < 1.29 is 13.2 Å². The lowest BCUT2D eigenvalue weighted by atomic mass is 9.78. The van der Waals surface area contributed by atoms with Crippen LogP contribution >= 0.6 is 11.3 Å². The summed E-state index contributed by atoms with van der Waals surface area (Å²) in [6, 6.07) is 12.6. The predicted molar refractivity (Wildman–Crippen MR) is 122 cm³/mol. The molecular formula is C24H27F3N4S. The number of fused-ring (bicyclic) bond motifs is 1. The molecule has 4 nitrogen and oxygen atoms in total. The molecule has 8 heteroatoms. The summed E-state index contributed by atoms with van der Waals surface area (Å²) in [6.07, 6.45) is -0.258. The molecule has 1 aliphatic carbocycles. The molecule has 32 heavy (non-hydrogen) atoms. The Morgan fingerprint density at radius 1 is 1.16 bits per heavy atom. The molecule has 1 saturated carbocycles. The standard InChI is InChI=1S/C24H27F3N4S/c1-22(2,16-6-4-3-5-7-16)30-17-8-9-23(11-17)13-31(14-23)20-19-10-18(12-24(25,26)27)32-21(19)29-15-28-20/h3-7,10,15,17,30H,8-9,11-14H2,1-2H3/t17-/m0/s1. The highest BCUT2D eigenvalue weighted by Gasteiger charge is 2.49. The maximum absolute atomic E-state index is 12.8. The molecule has 0 radical (unpaired) electrons. The van der Waals surface area contributed by atoms with Crippen LogP contribution in [0.3, 0.4) is 0 Å². The summed E-state index contributed by atoms with van der Waals surface area (Å²) in [6.45, 7) is 6.25. The predicted octanol–water partition coefficient (Wildman–Crippen LogP) is 5.68. The lowest BCUT2D eigenvalue weighted by Gasteiger charge is -2.49. The van der Waals surface area contributed by atoms with E-state index in [0.717, 1.165) is 54.9 Å². The minimum Gasteiger partial charge on any atom is -0.355 e. The van der Waals surface area contributed by atoms with E-state index >= 15 is 0 Å². The van der Waals surface area contributed by atoms with Crippen molar-refractivity contribution in [3.05, 3.63) is 53.2 Å². The van der Waals surface area contributed by atoms with Crippen LogP contribution in [-0.2, 0) is 12.0 Å². The highest BCUT2D eigenvalue weighted by atomic mass is 32.1. The molecule has 170 valence electrons. The van der Waals surface area contributed by atoms with Crippen molar-refractivity contribution in [2.75, 3.05) is 18.0 Å². The SMILES string of the molecule is CC(C)(N[C@H]1CCC2(C1)CN(c1ncnc3sc(CC(F)(F)F)cc13)C2)c1ccccc1. The van der Waals surface area contributed by atoms with Crippen LogP contribution in [0, 0.1) is 5.41 Å². The third kappa shape index (κ3) is 4.22. The van der Waals surface area contributed by atoms with E-state index in [2.05, 4.69) is 58.3 Å². The van der Waals surface area contributed by atoms with E-state index in [4.69, 9.17) is 0 Å². The fourth-order valence-corrected chi connectivity index (χ4v) is 6.43. The molecule has 1 N–H and O–H groups in total. The van der Waals surface area contributed by atoms with E-state index in [1.54, 1.807) is 6.07 Å². The van der Waals surface area contributed by atoms with Gasteiger partial charge < -0.3 is 10.2 Å². The van der Waals surface area contributed by atoms with Gasteiger partial charge in [0.15, 0.2) is 0 Å². The fourth-order valence-electron chi connectivity index (χ4n) is 5.41. The molecule has 0 unspecified atom stereocenters. The number of benzene rings is 1. The highest BCUT2D eigenvalue weighted by molar-refractivity contribution is 7.18. The summed E-state index contributed by atoms with van der Waals surface area (Å²) in [5.41, 5.74) is 1.45. The van der Waals surface area contributed by atoms with Crippen molar-refractivity contribution >= 4 is 27.4 Å². The highest BCUT2D eigenvalue weighted by Crippen LogP contribution is 2.48. The average molecular weight is 461 g/mol. The summed E-state index contributed by atoms with van der Waals surface area (Å²) in [4.78, 5) is 11.8. The third-order valence-electron chi connectivity index (χ3n) is 6.85. The molecule has 0 bridgehead atoms. The van der Waals surface area contributed by atoms with Crippen LogP contribution in [-0.4, -0.2) is 35.3 Å². The maximum Gasteiger partial charge on any atom is 0.393 e. The van der Waals surface area contributed by atoms with Crippen LogP contribution in [0.4, 0.5) is 19.0 Å². The Kier molecular flexibility index (Phi) is 5.21. The molecule has 1 atom stereocenters. The number of rotatable bonds is 5. The summed E-state index contributed by atoms with van der Waals surface area (Å²) in [7, 11) is 0. The molecule has 0 amide bonds. The first-order chi connectivity index (χ1) is 15.1. The van der Waals surface area contributed by atoms with Gasteiger partial charge in [-0.25, -0.2) is 9.97 Å². The van der Waals surface area contributed by atoms with Crippen LogP contribution in [0.1, 0.15) is 43.6 Å². The Balaban J connectivity index is 1.26. The smallest absolute Gasteiger partial charge is 0.355 e. The van der Waals surface area contributed by atoms with Crippen LogP contribution in [0.25, 0.3) is 10.2 Å². The number of alkyl halides is 3. The normalized spacial score (nSPS) is 20.8. The Labute approximate surface area is 189 Å². The minimum absolute atomic E-state index is 0.0920. The van der Waals surface area contributed by atoms with Crippen LogP contribution < -0.4 is 10.2 Å². The van der Waals surface area contributed by atoms with Gasteiger partial charge in [-0.3, -0.25) is 0 Å². The molecule has 3 aromatic rings. The van der Waals surface area contributed by atoms with Gasteiger partial charge in [0.05, 0.1) is 11.8 Å². The van der Waals surface area contributed by atoms with Crippen molar-refractivity contribution in [1.82, 2.24) is 15.3 Å². The van der Waals surface area contributed by atoms with E-state index in [9.17, 15) is 13.2 Å². The van der Waals surface area contributed by atoms with Gasteiger partial charge in [0.2, 0.25) is 0 Å². The van der Waals surface area contributed by atoms with Gasteiger partial charge in [-0.15, -0.1) is 11.3 Å². The van der Waals surface area contributed by atoms with Gasteiger partial charge in [-0.05, 0) is 44.7 Å². The number of hydrogen-bond donors (Lipinski definition) is 1. The zero-order valence-electron chi connectivity index (χ0n) is 18.2. The van der Waals surface area contributed by atoms with Crippen molar-refractivity contribution in [2.24, 2.45) is 5.41 Å². The van der Waals surface area contributed by atoms with Crippen LogP contribution in [0.2, 0.25) is 0 Å². The molecular weight excluding hydrogens is 433 g/mol.